The zero-order valence-corrected chi connectivity index (χ0v) is 10.3. The van der Waals surface area contributed by atoms with Crippen molar-refractivity contribution in [1.82, 2.24) is 9.97 Å². The quantitative estimate of drug-likeness (QED) is 0.918. The maximum atomic E-state index is 5.93. The summed E-state index contributed by atoms with van der Waals surface area (Å²) in [7, 11) is 1.62. The number of halogens is 2. The Hall–Kier alpha value is -1.00. The summed E-state index contributed by atoms with van der Waals surface area (Å²) in [5.74, 6) is 0.743. The molecule has 0 aliphatic rings. The first-order valence-electron chi connectivity index (χ1n) is 4.25. The van der Waals surface area contributed by atoms with Gasteiger partial charge in [-0.15, -0.1) is 0 Å². The molecule has 0 radical (unpaired) electrons. The van der Waals surface area contributed by atoms with Gasteiger partial charge in [0.1, 0.15) is 16.0 Å². The van der Waals surface area contributed by atoms with Gasteiger partial charge in [-0.25, -0.2) is 4.98 Å². The fraction of sp³-hybridized carbons (Fsp3) is 0.100. The third kappa shape index (κ3) is 2.01. The molecule has 2 rings (SSSR count). The van der Waals surface area contributed by atoms with Gasteiger partial charge in [0, 0.05) is 10.6 Å². The second kappa shape index (κ2) is 4.24. The van der Waals surface area contributed by atoms with E-state index in [0.717, 1.165) is 21.6 Å². The number of hydrogen-bond donors (Lipinski definition) is 1. The Morgan fingerprint density at radius 2 is 2.27 bits per heavy atom. The average Bonchev–Trinajstić information content (AvgIpc) is 2.64. The number of aromatic amines is 1. The van der Waals surface area contributed by atoms with E-state index in [9.17, 15) is 0 Å². The second-order valence-corrected chi connectivity index (χ2v) is 4.14. The molecule has 0 amide bonds. The molecule has 1 N–H and O–H groups in total. The van der Waals surface area contributed by atoms with Crippen molar-refractivity contribution < 1.29 is 4.74 Å². The summed E-state index contributed by atoms with van der Waals surface area (Å²) in [6.07, 6.45) is 1.61. The minimum absolute atomic E-state index is 0.653. The van der Waals surface area contributed by atoms with Crippen molar-refractivity contribution >= 4 is 27.5 Å². The summed E-state index contributed by atoms with van der Waals surface area (Å²) in [5, 5.41) is 0.653. The van der Waals surface area contributed by atoms with Gasteiger partial charge in [-0.3, -0.25) is 0 Å². The van der Waals surface area contributed by atoms with Crippen LogP contribution in [0.15, 0.2) is 29.1 Å². The van der Waals surface area contributed by atoms with Gasteiger partial charge in [0.05, 0.1) is 13.4 Å². The molecule has 0 saturated carbocycles. The number of nitrogens with one attached hydrogen (secondary N) is 1. The van der Waals surface area contributed by atoms with Gasteiger partial charge in [0.25, 0.3) is 0 Å². The van der Waals surface area contributed by atoms with Crippen molar-refractivity contribution in [3.63, 3.8) is 0 Å². The number of H-pyrrole nitrogens is 1. The van der Waals surface area contributed by atoms with E-state index in [-0.39, 0.29) is 0 Å². The molecule has 0 saturated heterocycles. The topological polar surface area (TPSA) is 37.9 Å². The van der Waals surface area contributed by atoms with Crippen LogP contribution >= 0.6 is 27.5 Å². The molecule has 1 heterocycles. The Morgan fingerprint density at radius 1 is 1.47 bits per heavy atom. The Labute approximate surface area is 101 Å². The van der Waals surface area contributed by atoms with Gasteiger partial charge < -0.3 is 9.72 Å². The molecule has 0 aliphatic heterocycles. The van der Waals surface area contributed by atoms with Gasteiger partial charge >= 0.3 is 0 Å². The monoisotopic (exact) mass is 286 g/mol. The largest absolute Gasteiger partial charge is 0.496 e. The summed E-state index contributed by atoms with van der Waals surface area (Å²) in [5.41, 5.74) is 1.65. The predicted molar refractivity (Wildman–Crippen MR) is 63.3 cm³/mol. The number of aromatic nitrogens is 2. The van der Waals surface area contributed by atoms with E-state index in [1.807, 2.05) is 12.1 Å². The van der Waals surface area contributed by atoms with Crippen LogP contribution in [0.2, 0.25) is 5.02 Å². The molecule has 1 aromatic carbocycles. The van der Waals surface area contributed by atoms with Crippen LogP contribution in [0.1, 0.15) is 0 Å². The van der Waals surface area contributed by atoms with Crippen LogP contribution in [-0.2, 0) is 0 Å². The highest BCUT2D eigenvalue weighted by Crippen LogP contribution is 2.34. The SMILES string of the molecule is COc1ccc(Cl)cc1-c1nc[nH]c1Br. The number of benzene rings is 1. The number of methoxy groups -OCH3 is 1. The zero-order chi connectivity index (χ0) is 10.8. The van der Waals surface area contributed by atoms with E-state index >= 15 is 0 Å². The first-order chi connectivity index (χ1) is 7.22. The maximum absolute atomic E-state index is 5.93. The van der Waals surface area contributed by atoms with Crippen LogP contribution in [0.3, 0.4) is 0 Å². The van der Waals surface area contributed by atoms with Gasteiger partial charge in [0.2, 0.25) is 0 Å². The normalized spacial score (nSPS) is 10.3. The molecule has 0 unspecified atom stereocenters. The van der Waals surface area contributed by atoms with E-state index in [1.165, 1.54) is 0 Å². The van der Waals surface area contributed by atoms with Crippen molar-refractivity contribution in [1.29, 1.82) is 0 Å². The Bertz CT molecular complexity index is 484. The average molecular weight is 288 g/mol. The first kappa shape index (κ1) is 10.5. The molecule has 5 heteroatoms. The lowest BCUT2D eigenvalue weighted by Gasteiger charge is -2.06. The van der Waals surface area contributed by atoms with Gasteiger partial charge in [-0.2, -0.15) is 0 Å². The highest BCUT2D eigenvalue weighted by molar-refractivity contribution is 9.10. The van der Waals surface area contributed by atoms with Crippen LogP contribution in [0, 0.1) is 0 Å². The summed E-state index contributed by atoms with van der Waals surface area (Å²) in [6, 6.07) is 5.42. The summed E-state index contributed by atoms with van der Waals surface area (Å²) < 4.78 is 6.05. The lowest BCUT2D eigenvalue weighted by atomic mass is 10.1. The summed E-state index contributed by atoms with van der Waals surface area (Å²) >= 11 is 9.31. The van der Waals surface area contributed by atoms with Crippen molar-refractivity contribution in [3.05, 3.63) is 34.2 Å². The van der Waals surface area contributed by atoms with E-state index < -0.39 is 0 Å². The molecule has 2 aromatic rings. The summed E-state index contributed by atoms with van der Waals surface area (Å²) in [4.78, 5) is 7.14. The molecule has 3 nitrogen and oxygen atoms in total. The summed E-state index contributed by atoms with van der Waals surface area (Å²) in [6.45, 7) is 0. The molecule has 0 atom stereocenters. The fourth-order valence-corrected chi connectivity index (χ4v) is 1.92. The lowest BCUT2D eigenvalue weighted by molar-refractivity contribution is 0.416. The van der Waals surface area contributed by atoms with Gasteiger partial charge in [-0.05, 0) is 34.1 Å². The lowest BCUT2D eigenvalue weighted by Crippen LogP contribution is -1.88. The molecule has 0 spiro atoms. The van der Waals surface area contributed by atoms with Gasteiger partial charge in [-0.1, -0.05) is 11.6 Å². The third-order valence-corrected chi connectivity index (χ3v) is 2.85. The Kier molecular flexibility index (Phi) is 2.98. The molecule has 1 aromatic heterocycles. The maximum Gasteiger partial charge on any atom is 0.128 e. The molecule has 78 valence electrons. The highest BCUT2D eigenvalue weighted by Gasteiger charge is 2.11. The van der Waals surface area contributed by atoms with Crippen LogP contribution < -0.4 is 4.74 Å². The number of imidazole rings is 1. The van der Waals surface area contributed by atoms with Crippen LogP contribution in [0.25, 0.3) is 11.3 Å². The van der Waals surface area contributed by atoms with E-state index in [1.54, 1.807) is 19.5 Å². The van der Waals surface area contributed by atoms with Crippen molar-refractivity contribution in [3.8, 4) is 17.0 Å². The van der Waals surface area contributed by atoms with Crippen molar-refractivity contribution in [2.75, 3.05) is 7.11 Å². The van der Waals surface area contributed by atoms with Crippen LogP contribution in [-0.4, -0.2) is 17.1 Å². The fourth-order valence-electron chi connectivity index (χ4n) is 1.33. The smallest absolute Gasteiger partial charge is 0.128 e. The van der Waals surface area contributed by atoms with E-state index in [4.69, 9.17) is 16.3 Å². The van der Waals surface area contributed by atoms with Crippen LogP contribution in [0.4, 0.5) is 0 Å². The molecule has 15 heavy (non-hydrogen) atoms. The van der Waals surface area contributed by atoms with E-state index in [0.29, 0.717) is 5.02 Å². The number of rotatable bonds is 2. The first-order valence-corrected chi connectivity index (χ1v) is 5.42. The van der Waals surface area contributed by atoms with Gasteiger partial charge in [0.15, 0.2) is 0 Å². The minimum atomic E-state index is 0.653. The number of ether oxygens (including phenoxy) is 1. The van der Waals surface area contributed by atoms with Crippen molar-refractivity contribution in [2.45, 2.75) is 0 Å². The molecular weight excluding hydrogens is 279 g/mol. The number of hydrogen-bond acceptors (Lipinski definition) is 2. The minimum Gasteiger partial charge on any atom is -0.496 e. The molecule has 0 bridgehead atoms. The zero-order valence-electron chi connectivity index (χ0n) is 7.92. The highest BCUT2D eigenvalue weighted by atomic mass is 79.9. The molecule has 0 fully saturated rings. The van der Waals surface area contributed by atoms with Crippen molar-refractivity contribution in [2.24, 2.45) is 0 Å². The Morgan fingerprint density at radius 3 is 2.87 bits per heavy atom. The second-order valence-electron chi connectivity index (χ2n) is 2.91. The van der Waals surface area contributed by atoms with E-state index in [2.05, 4.69) is 25.9 Å². The molecular formula is C10H8BrClN2O. The standard InChI is InChI=1S/C10H8BrClN2O/c1-15-8-3-2-6(12)4-7(8)9-10(11)14-5-13-9/h2-5H,1H3,(H,13,14). The third-order valence-electron chi connectivity index (χ3n) is 2.01. The van der Waals surface area contributed by atoms with Crippen LogP contribution in [0.5, 0.6) is 5.75 Å². The number of nitrogens with zero attached hydrogens (tertiary/aromatic N) is 1. The Balaban J connectivity index is 2.60. The molecule has 0 aliphatic carbocycles. The predicted octanol–water partition coefficient (Wildman–Crippen LogP) is 3.50.